The summed E-state index contributed by atoms with van der Waals surface area (Å²) in [6, 6.07) is 7.99. The SMILES string of the molecule is CCCOc1ccc(C2(O)CCN(CC(C)C)CC2)cc1. The lowest BCUT2D eigenvalue weighted by Gasteiger charge is -2.39. The maximum absolute atomic E-state index is 10.9. The van der Waals surface area contributed by atoms with Crippen LogP contribution < -0.4 is 4.74 Å². The van der Waals surface area contributed by atoms with Crippen LogP contribution in [0.1, 0.15) is 45.6 Å². The van der Waals surface area contributed by atoms with Crippen molar-refractivity contribution in [2.75, 3.05) is 26.2 Å². The van der Waals surface area contributed by atoms with Crippen LogP contribution in [0.4, 0.5) is 0 Å². The van der Waals surface area contributed by atoms with Gasteiger partial charge in [-0.15, -0.1) is 0 Å². The number of rotatable bonds is 6. The van der Waals surface area contributed by atoms with Gasteiger partial charge in [-0.05, 0) is 42.9 Å². The van der Waals surface area contributed by atoms with Crippen molar-refractivity contribution in [2.45, 2.75) is 45.6 Å². The van der Waals surface area contributed by atoms with Gasteiger partial charge in [0, 0.05) is 19.6 Å². The van der Waals surface area contributed by atoms with E-state index in [0.29, 0.717) is 5.92 Å². The summed E-state index contributed by atoms with van der Waals surface area (Å²) < 4.78 is 5.60. The minimum absolute atomic E-state index is 0.670. The first-order chi connectivity index (χ1) is 10.0. The summed E-state index contributed by atoms with van der Waals surface area (Å²) in [5.74, 6) is 1.58. The van der Waals surface area contributed by atoms with Crippen molar-refractivity contribution in [3.05, 3.63) is 29.8 Å². The fourth-order valence-corrected chi connectivity index (χ4v) is 2.99. The number of hydrogen-bond donors (Lipinski definition) is 1. The fourth-order valence-electron chi connectivity index (χ4n) is 2.99. The molecule has 1 aliphatic heterocycles. The van der Waals surface area contributed by atoms with E-state index in [1.165, 1.54) is 0 Å². The van der Waals surface area contributed by atoms with Crippen molar-refractivity contribution in [3.8, 4) is 5.75 Å². The van der Waals surface area contributed by atoms with Crippen molar-refractivity contribution < 1.29 is 9.84 Å². The van der Waals surface area contributed by atoms with Crippen LogP contribution in [-0.4, -0.2) is 36.2 Å². The van der Waals surface area contributed by atoms with Gasteiger partial charge in [-0.2, -0.15) is 0 Å². The molecule has 0 spiro atoms. The molecule has 3 nitrogen and oxygen atoms in total. The van der Waals surface area contributed by atoms with E-state index >= 15 is 0 Å². The predicted octanol–water partition coefficient (Wildman–Crippen LogP) is 3.41. The maximum atomic E-state index is 10.9. The quantitative estimate of drug-likeness (QED) is 0.872. The molecule has 0 aliphatic carbocycles. The first-order valence-electron chi connectivity index (χ1n) is 8.21. The zero-order valence-corrected chi connectivity index (χ0v) is 13.6. The van der Waals surface area contributed by atoms with Crippen LogP contribution in [0.25, 0.3) is 0 Å². The van der Waals surface area contributed by atoms with E-state index in [1.807, 2.05) is 24.3 Å². The molecular weight excluding hydrogens is 262 g/mol. The van der Waals surface area contributed by atoms with E-state index in [-0.39, 0.29) is 0 Å². The van der Waals surface area contributed by atoms with Crippen molar-refractivity contribution in [1.82, 2.24) is 4.90 Å². The van der Waals surface area contributed by atoms with Crippen LogP contribution in [0.5, 0.6) is 5.75 Å². The molecule has 1 N–H and O–H groups in total. The van der Waals surface area contributed by atoms with Gasteiger partial charge in [-0.1, -0.05) is 32.9 Å². The number of likely N-dealkylation sites (tertiary alicyclic amines) is 1. The third kappa shape index (κ3) is 4.45. The fraction of sp³-hybridized carbons (Fsp3) is 0.667. The van der Waals surface area contributed by atoms with Gasteiger partial charge in [0.05, 0.1) is 12.2 Å². The van der Waals surface area contributed by atoms with Crippen LogP contribution in [0, 0.1) is 5.92 Å². The zero-order chi connectivity index (χ0) is 15.3. The topological polar surface area (TPSA) is 32.7 Å². The predicted molar refractivity (Wildman–Crippen MR) is 86.6 cm³/mol. The number of nitrogens with zero attached hydrogens (tertiary/aromatic N) is 1. The highest BCUT2D eigenvalue weighted by Gasteiger charge is 2.33. The monoisotopic (exact) mass is 291 g/mol. The molecule has 0 unspecified atom stereocenters. The van der Waals surface area contributed by atoms with E-state index in [2.05, 4.69) is 25.7 Å². The second-order valence-corrected chi connectivity index (χ2v) is 6.60. The molecule has 1 fully saturated rings. The molecule has 2 rings (SSSR count). The number of hydrogen-bond acceptors (Lipinski definition) is 3. The minimum Gasteiger partial charge on any atom is -0.494 e. The van der Waals surface area contributed by atoms with Gasteiger partial charge in [0.1, 0.15) is 5.75 Å². The van der Waals surface area contributed by atoms with Crippen LogP contribution in [0.15, 0.2) is 24.3 Å². The van der Waals surface area contributed by atoms with E-state index in [1.54, 1.807) is 0 Å². The molecule has 1 saturated heterocycles. The standard InChI is InChI=1S/C18H29NO2/c1-4-13-21-17-7-5-16(6-8-17)18(20)9-11-19(12-10-18)14-15(2)3/h5-8,15,20H,4,9-14H2,1-3H3. The number of aliphatic hydroxyl groups is 1. The Balaban J connectivity index is 1.95. The number of benzene rings is 1. The normalized spacial score (nSPS) is 18.9. The van der Waals surface area contributed by atoms with Crippen molar-refractivity contribution in [3.63, 3.8) is 0 Å². The van der Waals surface area contributed by atoms with E-state index < -0.39 is 5.60 Å². The van der Waals surface area contributed by atoms with Crippen LogP contribution in [0.3, 0.4) is 0 Å². The zero-order valence-electron chi connectivity index (χ0n) is 13.6. The third-order valence-corrected chi connectivity index (χ3v) is 4.17. The first-order valence-corrected chi connectivity index (χ1v) is 8.21. The largest absolute Gasteiger partial charge is 0.494 e. The van der Waals surface area contributed by atoms with Crippen molar-refractivity contribution in [1.29, 1.82) is 0 Å². The summed E-state index contributed by atoms with van der Waals surface area (Å²) in [7, 11) is 0. The van der Waals surface area contributed by atoms with Gasteiger partial charge >= 0.3 is 0 Å². The Morgan fingerprint density at radius 1 is 1.19 bits per heavy atom. The molecule has 3 heteroatoms. The molecule has 118 valence electrons. The number of piperidine rings is 1. The maximum Gasteiger partial charge on any atom is 0.119 e. The van der Waals surface area contributed by atoms with Crippen LogP contribution in [-0.2, 0) is 5.60 Å². The Morgan fingerprint density at radius 3 is 2.33 bits per heavy atom. The Hall–Kier alpha value is -1.06. The molecule has 0 aromatic heterocycles. The summed E-state index contributed by atoms with van der Waals surface area (Å²) in [4.78, 5) is 2.46. The third-order valence-electron chi connectivity index (χ3n) is 4.17. The molecule has 1 heterocycles. The Bertz CT molecular complexity index is 419. The molecule has 21 heavy (non-hydrogen) atoms. The van der Waals surface area contributed by atoms with E-state index in [0.717, 1.165) is 56.8 Å². The Kier molecular flexibility index (Phi) is 5.65. The summed E-state index contributed by atoms with van der Waals surface area (Å²) in [5, 5.41) is 10.9. The van der Waals surface area contributed by atoms with Gasteiger partial charge < -0.3 is 14.7 Å². The highest BCUT2D eigenvalue weighted by atomic mass is 16.5. The summed E-state index contributed by atoms with van der Waals surface area (Å²) in [6.07, 6.45) is 2.64. The molecule has 0 amide bonds. The first kappa shape index (κ1) is 16.3. The summed E-state index contributed by atoms with van der Waals surface area (Å²) in [5.41, 5.74) is 0.354. The Labute approximate surface area is 128 Å². The molecule has 1 aromatic rings. The highest BCUT2D eigenvalue weighted by Crippen LogP contribution is 2.33. The number of ether oxygens (including phenoxy) is 1. The summed E-state index contributed by atoms with van der Waals surface area (Å²) in [6.45, 7) is 10.4. The van der Waals surface area contributed by atoms with Gasteiger partial charge in [0.2, 0.25) is 0 Å². The lowest BCUT2D eigenvalue weighted by molar-refractivity contribution is -0.0279. The smallest absolute Gasteiger partial charge is 0.119 e. The average Bonchev–Trinajstić information content (AvgIpc) is 2.48. The van der Waals surface area contributed by atoms with Gasteiger partial charge in [-0.3, -0.25) is 0 Å². The molecule has 1 aromatic carbocycles. The molecule has 0 atom stereocenters. The lowest BCUT2D eigenvalue weighted by Crippen LogP contribution is -2.43. The van der Waals surface area contributed by atoms with Crippen molar-refractivity contribution >= 4 is 0 Å². The van der Waals surface area contributed by atoms with Gasteiger partial charge in [0.25, 0.3) is 0 Å². The van der Waals surface area contributed by atoms with Crippen molar-refractivity contribution in [2.24, 2.45) is 5.92 Å². The van der Waals surface area contributed by atoms with E-state index in [9.17, 15) is 5.11 Å². The molecular formula is C18H29NO2. The van der Waals surface area contributed by atoms with Crippen LogP contribution in [0.2, 0.25) is 0 Å². The molecule has 0 radical (unpaired) electrons. The molecule has 0 saturated carbocycles. The van der Waals surface area contributed by atoms with Crippen LogP contribution >= 0.6 is 0 Å². The van der Waals surface area contributed by atoms with Gasteiger partial charge in [0.15, 0.2) is 0 Å². The lowest BCUT2D eigenvalue weighted by atomic mass is 9.84. The minimum atomic E-state index is -0.670. The molecule has 1 aliphatic rings. The van der Waals surface area contributed by atoms with E-state index in [4.69, 9.17) is 4.74 Å². The molecule has 0 bridgehead atoms. The van der Waals surface area contributed by atoms with Gasteiger partial charge in [-0.25, -0.2) is 0 Å². The second kappa shape index (κ2) is 7.28. The summed E-state index contributed by atoms with van der Waals surface area (Å²) >= 11 is 0. The highest BCUT2D eigenvalue weighted by molar-refractivity contribution is 5.31. The second-order valence-electron chi connectivity index (χ2n) is 6.60. The Morgan fingerprint density at radius 2 is 1.81 bits per heavy atom. The average molecular weight is 291 g/mol.